The predicted octanol–water partition coefficient (Wildman–Crippen LogP) is 6.12. The van der Waals surface area contributed by atoms with Crippen molar-refractivity contribution in [2.45, 2.75) is 0 Å². The number of azo groups is 1. The van der Waals surface area contributed by atoms with Crippen LogP contribution in [0.25, 0.3) is 0 Å². The molecular weight excluding hydrogens is 370 g/mol. The zero-order chi connectivity index (χ0) is 16.1. The van der Waals surface area contributed by atoms with Gasteiger partial charge in [0.1, 0.15) is 5.69 Å². The molecule has 0 aliphatic rings. The lowest BCUT2D eigenvalue weighted by atomic mass is 10.3. The normalized spacial score (nSPS) is 10.7. The highest BCUT2D eigenvalue weighted by atomic mass is 35.5. The lowest BCUT2D eigenvalue weighted by molar-refractivity contribution is 0.249. The number of rotatable bonds is 3. The number of carbonyl (C=O) groups is 1. The molecule has 5 nitrogen and oxygen atoms in total. The Bertz CT molecular complexity index is 736. The molecule has 0 bridgehead atoms. The molecule has 0 aliphatic carbocycles. The topological polar surface area (TPSA) is 65.8 Å². The molecule has 0 atom stereocenters. The SMILES string of the molecule is O=C(/N=N/c1ccc(Cl)cc1Cl)NNc1ccc(Cl)cc1Cl. The molecular formula is C13H8Cl4N4O. The third-order valence-electron chi connectivity index (χ3n) is 2.39. The van der Waals surface area contributed by atoms with Gasteiger partial charge in [0.15, 0.2) is 0 Å². The molecule has 22 heavy (non-hydrogen) atoms. The van der Waals surface area contributed by atoms with Crippen LogP contribution < -0.4 is 10.9 Å². The summed E-state index contributed by atoms with van der Waals surface area (Å²) >= 11 is 23.4. The molecule has 0 radical (unpaired) electrons. The summed E-state index contributed by atoms with van der Waals surface area (Å²) in [4.78, 5) is 11.6. The van der Waals surface area contributed by atoms with Gasteiger partial charge < -0.3 is 0 Å². The van der Waals surface area contributed by atoms with Crippen LogP contribution in [0.4, 0.5) is 16.2 Å². The number of nitrogens with one attached hydrogen (secondary N) is 2. The Morgan fingerprint density at radius 2 is 1.55 bits per heavy atom. The lowest BCUT2D eigenvalue weighted by Gasteiger charge is -2.07. The Balaban J connectivity index is 1.96. The van der Waals surface area contributed by atoms with Crippen molar-refractivity contribution in [1.29, 1.82) is 0 Å². The van der Waals surface area contributed by atoms with Crippen LogP contribution in [0.5, 0.6) is 0 Å². The van der Waals surface area contributed by atoms with Crippen LogP contribution in [0.3, 0.4) is 0 Å². The van der Waals surface area contributed by atoms with E-state index >= 15 is 0 Å². The molecule has 114 valence electrons. The van der Waals surface area contributed by atoms with E-state index in [4.69, 9.17) is 46.4 Å². The van der Waals surface area contributed by atoms with Crippen LogP contribution >= 0.6 is 46.4 Å². The third kappa shape index (κ3) is 4.74. The van der Waals surface area contributed by atoms with Gasteiger partial charge in [-0.15, -0.1) is 5.11 Å². The second kappa shape index (κ2) is 7.65. The molecule has 2 aromatic rings. The number of halogens is 4. The average molecular weight is 378 g/mol. The summed E-state index contributed by atoms with van der Waals surface area (Å²) in [6.45, 7) is 0. The Morgan fingerprint density at radius 3 is 2.18 bits per heavy atom. The summed E-state index contributed by atoms with van der Waals surface area (Å²) in [5.74, 6) is 0. The minimum absolute atomic E-state index is 0.290. The first-order valence-electron chi connectivity index (χ1n) is 5.83. The van der Waals surface area contributed by atoms with Crippen molar-refractivity contribution < 1.29 is 4.79 Å². The first kappa shape index (κ1) is 16.8. The monoisotopic (exact) mass is 376 g/mol. The van der Waals surface area contributed by atoms with Crippen molar-refractivity contribution in [3.8, 4) is 0 Å². The van der Waals surface area contributed by atoms with E-state index in [9.17, 15) is 4.79 Å². The number of hydrogen-bond acceptors (Lipinski definition) is 3. The highest BCUT2D eigenvalue weighted by Gasteiger charge is 2.04. The van der Waals surface area contributed by atoms with Crippen molar-refractivity contribution in [3.63, 3.8) is 0 Å². The first-order chi connectivity index (χ1) is 10.5. The summed E-state index contributed by atoms with van der Waals surface area (Å²) in [5.41, 5.74) is 5.71. The molecule has 2 N–H and O–H groups in total. The molecule has 0 aliphatic heterocycles. The van der Waals surface area contributed by atoms with E-state index in [-0.39, 0.29) is 5.02 Å². The summed E-state index contributed by atoms with van der Waals surface area (Å²) < 4.78 is 0. The Labute approximate surface area is 146 Å². The van der Waals surface area contributed by atoms with Gasteiger partial charge in [0.2, 0.25) is 0 Å². The first-order valence-corrected chi connectivity index (χ1v) is 7.35. The van der Waals surface area contributed by atoms with Crippen LogP contribution in [0.2, 0.25) is 20.1 Å². The van der Waals surface area contributed by atoms with Crippen LogP contribution in [-0.2, 0) is 0 Å². The fourth-order valence-electron chi connectivity index (χ4n) is 1.40. The van der Waals surface area contributed by atoms with E-state index in [0.717, 1.165) is 0 Å². The molecule has 2 rings (SSSR count). The van der Waals surface area contributed by atoms with Gasteiger partial charge in [-0.1, -0.05) is 51.5 Å². The third-order valence-corrected chi connectivity index (χ3v) is 3.48. The van der Waals surface area contributed by atoms with Gasteiger partial charge in [0.25, 0.3) is 0 Å². The Kier molecular flexibility index (Phi) is 5.85. The maximum atomic E-state index is 11.6. The fraction of sp³-hybridized carbons (Fsp3) is 0. The van der Waals surface area contributed by atoms with Gasteiger partial charge in [-0.2, -0.15) is 0 Å². The van der Waals surface area contributed by atoms with Crippen LogP contribution in [0.15, 0.2) is 46.6 Å². The molecule has 0 saturated heterocycles. The smallest absolute Gasteiger partial charge is 0.296 e. The fourth-order valence-corrected chi connectivity index (χ4v) is 2.30. The van der Waals surface area contributed by atoms with Crippen LogP contribution in [0.1, 0.15) is 0 Å². The van der Waals surface area contributed by atoms with Gasteiger partial charge in [0.05, 0.1) is 15.7 Å². The molecule has 0 spiro atoms. The van der Waals surface area contributed by atoms with E-state index in [2.05, 4.69) is 21.1 Å². The highest BCUT2D eigenvalue weighted by Crippen LogP contribution is 2.28. The van der Waals surface area contributed by atoms with Gasteiger partial charge in [-0.05, 0) is 36.4 Å². The number of hydrazine groups is 1. The zero-order valence-electron chi connectivity index (χ0n) is 10.8. The van der Waals surface area contributed by atoms with Gasteiger partial charge in [0, 0.05) is 10.0 Å². The Morgan fingerprint density at radius 1 is 0.909 bits per heavy atom. The summed E-state index contributed by atoms with van der Waals surface area (Å²) in [7, 11) is 0. The number of benzene rings is 2. The Hall–Kier alpha value is -1.53. The standard InChI is InChI=1S/C13H8Cl4N4O/c14-7-1-3-11(9(16)5-7)18-20-13(22)21-19-12-4-2-8(15)6-10(12)17/h1-6,18H,(H,20,22)/b21-19+. The molecule has 0 saturated carbocycles. The van der Waals surface area contributed by atoms with Gasteiger partial charge in [-0.25, -0.2) is 10.2 Å². The van der Waals surface area contributed by atoms with Crippen LogP contribution in [0, 0.1) is 0 Å². The molecule has 0 heterocycles. The van der Waals surface area contributed by atoms with Crippen LogP contribution in [-0.4, -0.2) is 6.03 Å². The molecule has 0 unspecified atom stereocenters. The molecule has 2 amide bonds. The summed E-state index contributed by atoms with van der Waals surface area (Å²) in [5, 5.41) is 8.78. The van der Waals surface area contributed by atoms with E-state index < -0.39 is 6.03 Å². The lowest BCUT2D eigenvalue weighted by Crippen LogP contribution is -2.26. The number of urea groups is 1. The van der Waals surface area contributed by atoms with E-state index in [1.807, 2.05) is 0 Å². The van der Waals surface area contributed by atoms with Crippen molar-refractivity contribution in [2.24, 2.45) is 10.2 Å². The number of carbonyl (C=O) groups excluding carboxylic acids is 1. The molecule has 2 aromatic carbocycles. The van der Waals surface area contributed by atoms with E-state index in [1.54, 1.807) is 24.3 Å². The second-order valence-electron chi connectivity index (χ2n) is 3.98. The second-order valence-corrected chi connectivity index (χ2v) is 5.66. The van der Waals surface area contributed by atoms with Crippen molar-refractivity contribution >= 4 is 63.8 Å². The van der Waals surface area contributed by atoms with Crippen molar-refractivity contribution in [1.82, 2.24) is 5.43 Å². The number of amides is 2. The van der Waals surface area contributed by atoms with Gasteiger partial charge >= 0.3 is 6.03 Å². The van der Waals surface area contributed by atoms with Crippen molar-refractivity contribution in [2.75, 3.05) is 5.43 Å². The summed E-state index contributed by atoms with van der Waals surface area (Å²) in [6.07, 6.45) is 0. The quantitative estimate of drug-likeness (QED) is 0.499. The summed E-state index contributed by atoms with van der Waals surface area (Å²) in [6, 6.07) is 8.68. The predicted molar refractivity (Wildman–Crippen MR) is 89.6 cm³/mol. The molecule has 0 fully saturated rings. The molecule has 9 heteroatoms. The van der Waals surface area contributed by atoms with E-state index in [0.29, 0.717) is 26.4 Å². The minimum Gasteiger partial charge on any atom is -0.296 e. The van der Waals surface area contributed by atoms with Crippen molar-refractivity contribution in [3.05, 3.63) is 56.5 Å². The van der Waals surface area contributed by atoms with E-state index in [1.165, 1.54) is 12.1 Å². The minimum atomic E-state index is -0.725. The zero-order valence-corrected chi connectivity index (χ0v) is 13.8. The average Bonchev–Trinajstić information content (AvgIpc) is 2.45. The highest BCUT2D eigenvalue weighted by molar-refractivity contribution is 6.36. The number of nitrogens with zero attached hydrogens (tertiary/aromatic N) is 2. The van der Waals surface area contributed by atoms with Gasteiger partial charge in [-0.3, -0.25) is 5.43 Å². The number of anilines is 1. The largest absolute Gasteiger partial charge is 0.378 e. The maximum Gasteiger partial charge on any atom is 0.378 e. The molecule has 0 aromatic heterocycles. The number of hydrogen-bond donors (Lipinski definition) is 2. The maximum absolute atomic E-state index is 11.6.